The van der Waals surface area contributed by atoms with Crippen molar-refractivity contribution in [3.8, 4) is 0 Å². The normalized spacial score (nSPS) is 11.2. The molecule has 0 unspecified atom stereocenters. The summed E-state index contributed by atoms with van der Waals surface area (Å²) in [6.45, 7) is 0. The number of hydrogen-bond donors (Lipinski definition) is 0. The molecule has 2 aromatic carbocycles. The molecule has 0 aliphatic rings. The molecule has 0 aliphatic carbocycles. The van der Waals surface area contributed by atoms with Gasteiger partial charge in [0, 0.05) is 12.1 Å². The second kappa shape index (κ2) is 5.48. The summed E-state index contributed by atoms with van der Waals surface area (Å²) in [5.74, 6) is 0. The van der Waals surface area contributed by atoms with Gasteiger partial charge in [0.1, 0.15) is 0 Å². The highest BCUT2D eigenvalue weighted by Crippen LogP contribution is 2.21. The highest BCUT2D eigenvalue weighted by atomic mass is 35.7. The lowest BCUT2D eigenvalue weighted by Crippen LogP contribution is -2.68. The van der Waals surface area contributed by atoms with Crippen LogP contribution in [0.1, 0.15) is 0 Å². The number of rotatable bonds is 0. The number of benzene rings is 2. The predicted molar refractivity (Wildman–Crippen MR) is 58.1 cm³/mol. The molecule has 0 aliphatic heterocycles. The average molecular weight is 281 g/mol. The smallest absolute Gasteiger partial charge is 0.222 e. The molecule has 0 N–H and O–H groups in total. The van der Waals surface area contributed by atoms with E-state index >= 15 is 0 Å². The van der Waals surface area contributed by atoms with Gasteiger partial charge in [-0.25, -0.2) is 23.1 Å². The van der Waals surface area contributed by atoms with Crippen molar-refractivity contribution in [2.75, 3.05) is 0 Å². The fourth-order valence-corrected chi connectivity index (χ4v) is 1.67. The van der Waals surface area contributed by atoms with E-state index in [1.165, 1.54) is 0 Å². The van der Waals surface area contributed by atoms with Crippen molar-refractivity contribution in [1.29, 1.82) is 0 Å². The minimum Gasteiger partial charge on any atom is -0.222 e. The molecule has 3 aromatic rings. The summed E-state index contributed by atoms with van der Waals surface area (Å²) in [6, 6.07) is 18.3. The SMILES string of the molecule is [O-][Cl+3]([O-])([O-])[O-].c1ccc2[o+]c3ccccc3cc2c1. The number of para-hydroxylation sites is 2. The fourth-order valence-electron chi connectivity index (χ4n) is 1.67. The van der Waals surface area contributed by atoms with E-state index in [9.17, 15) is 0 Å². The zero-order valence-corrected chi connectivity index (χ0v) is 10.4. The Kier molecular flexibility index (Phi) is 3.94. The van der Waals surface area contributed by atoms with Crippen molar-refractivity contribution in [3.63, 3.8) is 0 Å². The molecule has 6 heteroatoms. The van der Waals surface area contributed by atoms with Crippen LogP contribution in [0.3, 0.4) is 0 Å². The molecule has 98 valence electrons. The van der Waals surface area contributed by atoms with Gasteiger partial charge in [0.05, 0.1) is 10.8 Å². The maximum atomic E-state index is 8.49. The van der Waals surface area contributed by atoms with Gasteiger partial charge < -0.3 is 0 Å². The van der Waals surface area contributed by atoms with Gasteiger partial charge in [-0.1, -0.05) is 24.3 Å². The third kappa shape index (κ3) is 4.13. The third-order valence-electron chi connectivity index (χ3n) is 2.37. The largest absolute Gasteiger partial charge is 0.360 e. The van der Waals surface area contributed by atoms with E-state index in [0.29, 0.717) is 0 Å². The molecule has 0 amide bonds. The standard InChI is InChI=1S/C13H9O.ClHO4/c1-3-7-12-10(5-1)9-11-6-2-4-8-13(11)14-12;2-1(3,4)5/h1-9H;(H,2,3,4,5)/q+1;/p-1. The van der Waals surface area contributed by atoms with E-state index in [2.05, 4.69) is 18.2 Å². The highest BCUT2D eigenvalue weighted by Gasteiger charge is 2.09. The van der Waals surface area contributed by atoms with Crippen LogP contribution in [0.2, 0.25) is 0 Å². The van der Waals surface area contributed by atoms with Crippen molar-refractivity contribution < 1.29 is 33.3 Å². The molecular formula is C13H9ClO5. The molecule has 0 fully saturated rings. The van der Waals surface area contributed by atoms with E-state index in [4.69, 9.17) is 23.1 Å². The Labute approximate surface area is 110 Å². The molecule has 0 saturated heterocycles. The minimum absolute atomic E-state index is 0.936. The molecule has 1 heterocycles. The van der Waals surface area contributed by atoms with Gasteiger partial charge in [-0.05, 0) is 18.2 Å². The van der Waals surface area contributed by atoms with E-state index in [1.807, 2.05) is 36.4 Å². The Morgan fingerprint density at radius 1 is 0.684 bits per heavy atom. The lowest BCUT2D eigenvalue weighted by atomic mass is 10.1. The molecule has 1 aromatic heterocycles. The van der Waals surface area contributed by atoms with Crippen LogP contribution in [-0.2, 0) is 0 Å². The van der Waals surface area contributed by atoms with Gasteiger partial charge in [-0.15, -0.1) is 10.2 Å². The number of halogens is 1. The molecule has 0 bridgehead atoms. The summed E-state index contributed by atoms with van der Waals surface area (Å²) in [4.78, 5) is 0. The Balaban J connectivity index is 0.000000232. The first-order valence-electron chi connectivity index (χ1n) is 5.26. The van der Waals surface area contributed by atoms with Gasteiger partial charge in [0.25, 0.3) is 0 Å². The Morgan fingerprint density at radius 3 is 1.47 bits per heavy atom. The zero-order chi connectivity index (χ0) is 13.9. The van der Waals surface area contributed by atoms with Crippen molar-refractivity contribution >= 4 is 21.9 Å². The van der Waals surface area contributed by atoms with E-state index < -0.39 is 10.2 Å². The number of fused-ring (bicyclic) bond motifs is 2. The summed E-state index contributed by atoms with van der Waals surface area (Å²) < 4.78 is 39.7. The zero-order valence-electron chi connectivity index (χ0n) is 9.62. The van der Waals surface area contributed by atoms with E-state index in [0.717, 1.165) is 21.9 Å². The van der Waals surface area contributed by atoms with Crippen LogP contribution in [-0.4, -0.2) is 0 Å². The molecule has 3 rings (SSSR count). The van der Waals surface area contributed by atoms with Gasteiger partial charge >= 0.3 is 11.2 Å². The lowest BCUT2D eigenvalue weighted by Gasteiger charge is -2.17. The van der Waals surface area contributed by atoms with Gasteiger partial charge in [-0.3, -0.25) is 0 Å². The fraction of sp³-hybridized carbons (Fsp3) is 0. The number of hydrogen-bond acceptors (Lipinski definition) is 4. The van der Waals surface area contributed by atoms with Crippen molar-refractivity contribution in [2.24, 2.45) is 0 Å². The molecule has 0 atom stereocenters. The second-order valence-corrected chi connectivity index (χ2v) is 4.46. The van der Waals surface area contributed by atoms with Crippen molar-refractivity contribution in [2.45, 2.75) is 0 Å². The monoisotopic (exact) mass is 280 g/mol. The van der Waals surface area contributed by atoms with E-state index in [1.54, 1.807) is 0 Å². The molecule has 19 heavy (non-hydrogen) atoms. The summed E-state index contributed by atoms with van der Waals surface area (Å²) >= 11 is 0. The van der Waals surface area contributed by atoms with Crippen LogP contribution >= 0.6 is 0 Å². The van der Waals surface area contributed by atoms with Gasteiger partial charge in [0.15, 0.2) is 0 Å². The third-order valence-corrected chi connectivity index (χ3v) is 2.37. The van der Waals surface area contributed by atoms with Crippen LogP contribution in [0.25, 0.3) is 21.9 Å². The first-order chi connectivity index (χ1) is 8.93. The second-order valence-electron chi connectivity index (χ2n) is 3.70. The quantitative estimate of drug-likeness (QED) is 0.392. The van der Waals surface area contributed by atoms with Crippen LogP contribution < -0.4 is 18.6 Å². The van der Waals surface area contributed by atoms with Gasteiger partial charge in [-0.2, -0.15) is 0 Å². The van der Waals surface area contributed by atoms with Gasteiger partial charge in [0.2, 0.25) is 0 Å². The highest BCUT2D eigenvalue weighted by molar-refractivity contribution is 5.89. The molecule has 5 nitrogen and oxygen atoms in total. The first kappa shape index (κ1) is 13.7. The topological polar surface area (TPSA) is 104 Å². The first-order valence-corrected chi connectivity index (χ1v) is 6.49. The lowest BCUT2D eigenvalue weighted by molar-refractivity contribution is -2.00. The van der Waals surface area contributed by atoms with E-state index in [-0.39, 0.29) is 0 Å². The Hall–Kier alpha value is -1.76. The molecule has 0 radical (unpaired) electrons. The molecular weight excluding hydrogens is 272 g/mol. The molecule has 0 spiro atoms. The van der Waals surface area contributed by atoms with Crippen molar-refractivity contribution in [3.05, 3.63) is 54.6 Å². The van der Waals surface area contributed by atoms with Crippen LogP contribution in [0.5, 0.6) is 0 Å². The van der Waals surface area contributed by atoms with Crippen LogP contribution in [0, 0.1) is 10.2 Å². The minimum atomic E-state index is -4.94. The average Bonchev–Trinajstić information content (AvgIpc) is 2.34. The van der Waals surface area contributed by atoms with Crippen LogP contribution in [0.4, 0.5) is 0 Å². The van der Waals surface area contributed by atoms with Crippen LogP contribution in [0.15, 0.2) is 59.0 Å². The summed E-state index contributed by atoms with van der Waals surface area (Å²) in [5, 5.41) is 2.29. The summed E-state index contributed by atoms with van der Waals surface area (Å²) in [5.41, 5.74) is 1.87. The maximum absolute atomic E-state index is 8.49. The Morgan fingerprint density at radius 2 is 1.05 bits per heavy atom. The summed E-state index contributed by atoms with van der Waals surface area (Å²) in [7, 11) is -4.94. The Bertz CT molecular complexity index is 582. The maximum Gasteiger partial charge on any atom is 0.360 e. The predicted octanol–water partition coefficient (Wildman–Crippen LogP) is -0.889. The van der Waals surface area contributed by atoms with Crippen molar-refractivity contribution in [1.82, 2.24) is 0 Å². The molecule has 0 saturated carbocycles. The summed E-state index contributed by atoms with van der Waals surface area (Å²) in [6.07, 6.45) is 0.